The van der Waals surface area contributed by atoms with Crippen LogP contribution in [0.25, 0.3) is 22.1 Å². The van der Waals surface area contributed by atoms with Gasteiger partial charge in [-0.3, -0.25) is 0 Å². The maximum absolute atomic E-state index is 12.4. The molecule has 3 aromatic carbocycles. The van der Waals surface area contributed by atoms with Crippen molar-refractivity contribution in [3.05, 3.63) is 88.8 Å². The van der Waals surface area contributed by atoms with Gasteiger partial charge in [0.05, 0.1) is 18.7 Å². The molecule has 1 aromatic heterocycles. The van der Waals surface area contributed by atoms with E-state index in [0.29, 0.717) is 25.5 Å². The van der Waals surface area contributed by atoms with Crippen molar-refractivity contribution in [1.82, 2.24) is 0 Å². The lowest BCUT2D eigenvalue weighted by atomic mass is 9.99. The first-order chi connectivity index (χ1) is 14.7. The fourth-order valence-electron chi connectivity index (χ4n) is 3.88. The monoisotopic (exact) mass is 399 g/mol. The van der Waals surface area contributed by atoms with E-state index in [1.807, 2.05) is 73.7 Å². The minimum absolute atomic E-state index is 0.368. The molecule has 2 heterocycles. The molecule has 0 amide bonds. The third kappa shape index (κ3) is 3.28. The molecule has 0 N–H and O–H groups in total. The third-order valence-corrected chi connectivity index (χ3v) is 5.30. The fourth-order valence-corrected chi connectivity index (χ4v) is 3.88. The topological polar surface area (TPSA) is 51.9 Å². The van der Waals surface area contributed by atoms with Crippen molar-refractivity contribution in [3.8, 4) is 22.6 Å². The molecule has 5 nitrogen and oxygen atoms in total. The molecule has 0 radical (unpaired) electrons. The quantitative estimate of drug-likeness (QED) is 0.441. The molecule has 4 aromatic rings. The van der Waals surface area contributed by atoms with Crippen LogP contribution in [-0.4, -0.2) is 13.3 Å². The van der Waals surface area contributed by atoms with E-state index in [4.69, 9.17) is 13.9 Å². The molecule has 30 heavy (non-hydrogen) atoms. The molecule has 150 valence electrons. The van der Waals surface area contributed by atoms with E-state index in [0.717, 1.165) is 39.3 Å². The number of hydrogen-bond donors (Lipinski definition) is 0. The lowest BCUT2D eigenvalue weighted by Gasteiger charge is -2.31. The van der Waals surface area contributed by atoms with E-state index in [2.05, 4.69) is 4.90 Å². The smallest absolute Gasteiger partial charge is 0.336 e. The zero-order chi connectivity index (χ0) is 20.5. The van der Waals surface area contributed by atoms with Gasteiger partial charge >= 0.3 is 5.63 Å². The van der Waals surface area contributed by atoms with E-state index < -0.39 is 0 Å². The maximum atomic E-state index is 12.4. The van der Waals surface area contributed by atoms with Crippen LogP contribution in [0.1, 0.15) is 12.5 Å². The second kappa shape index (κ2) is 7.59. The van der Waals surface area contributed by atoms with Crippen molar-refractivity contribution < 1.29 is 13.9 Å². The average molecular weight is 399 g/mol. The lowest BCUT2D eigenvalue weighted by Crippen LogP contribution is -2.32. The standard InChI is InChI=1S/C25H21NO4/c1-2-28-19-10-8-18(9-11-19)26-15-22-23(29-16-26)13-12-20-21(14-24(27)30-25(20)22)17-6-4-3-5-7-17/h3-14H,2,15-16H2,1H3. The summed E-state index contributed by atoms with van der Waals surface area (Å²) < 4.78 is 17.2. The molecule has 0 spiro atoms. The van der Waals surface area contributed by atoms with Gasteiger partial charge in [-0.15, -0.1) is 0 Å². The summed E-state index contributed by atoms with van der Waals surface area (Å²) in [5, 5.41) is 0.900. The Labute approximate surface area is 174 Å². The van der Waals surface area contributed by atoms with Gasteiger partial charge in [0, 0.05) is 17.1 Å². The van der Waals surface area contributed by atoms with Crippen LogP contribution in [-0.2, 0) is 6.54 Å². The van der Waals surface area contributed by atoms with Gasteiger partial charge in [-0.2, -0.15) is 0 Å². The van der Waals surface area contributed by atoms with E-state index in [-0.39, 0.29) is 5.63 Å². The number of fused-ring (bicyclic) bond motifs is 3. The molecule has 0 saturated heterocycles. The SMILES string of the molecule is CCOc1ccc(N2COc3ccc4c(-c5ccccc5)cc(=O)oc4c3C2)cc1. The zero-order valence-electron chi connectivity index (χ0n) is 16.6. The van der Waals surface area contributed by atoms with Gasteiger partial charge < -0.3 is 18.8 Å². The van der Waals surface area contributed by atoms with Gasteiger partial charge in [0.1, 0.15) is 17.1 Å². The summed E-state index contributed by atoms with van der Waals surface area (Å²) in [5.74, 6) is 1.58. The molecular formula is C25H21NO4. The number of nitrogens with zero attached hydrogens (tertiary/aromatic N) is 1. The molecule has 0 aliphatic carbocycles. The normalized spacial score (nSPS) is 13.0. The van der Waals surface area contributed by atoms with Crippen molar-refractivity contribution in [2.24, 2.45) is 0 Å². The molecule has 0 atom stereocenters. The summed E-state index contributed by atoms with van der Waals surface area (Å²) in [5.41, 5.74) is 3.95. The largest absolute Gasteiger partial charge is 0.494 e. The Morgan fingerprint density at radius 1 is 1.00 bits per heavy atom. The second-order valence-corrected chi connectivity index (χ2v) is 7.16. The molecule has 5 rings (SSSR count). The lowest BCUT2D eigenvalue weighted by molar-refractivity contribution is 0.289. The van der Waals surface area contributed by atoms with E-state index in [1.165, 1.54) is 0 Å². The summed E-state index contributed by atoms with van der Waals surface area (Å²) in [6, 6.07) is 23.3. The summed E-state index contributed by atoms with van der Waals surface area (Å²) >= 11 is 0. The number of anilines is 1. The van der Waals surface area contributed by atoms with Gasteiger partial charge in [-0.05, 0) is 54.4 Å². The first-order valence-electron chi connectivity index (χ1n) is 9.98. The molecule has 1 aliphatic rings. The molecule has 0 bridgehead atoms. The van der Waals surface area contributed by atoms with Crippen LogP contribution >= 0.6 is 0 Å². The average Bonchev–Trinajstić information content (AvgIpc) is 2.79. The predicted molar refractivity (Wildman–Crippen MR) is 117 cm³/mol. The van der Waals surface area contributed by atoms with Crippen LogP contribution < -0.4 is 20.0 Å². The Morgan fingerprint density at radius 3 is 2.57 bits per heavy atom. The Balaban J connectivity index is 1.58. The van der Waals surface area contributed by atoms with Crippen LogP contribution in [0.15, 0.2) is 82.0 Å². The van der Waals surface area contributed by atoms with Gasteiger partial charge in [0.15, 0.2) is 6.73 Å². The highest BCUT2D eigenvalue weighted by molar-refractivity contribution is 5.96. The first-order valence-corrected chi connectivity index (χ1v) is 9.98. The highest BCUT2D eigenvalue weighted by atomic mass is 16.5. The predicted octanol–water partition coefficient (Wildman–Crippen LogP) is 5.22. The van der Waals surface area contributed by atoms with E-state index in [9.17, 15) is 4.79 Å². The van der Waals surface area contributed by atoms with Gasteiger partial charge in [-0.1, -0.05) is 30.3 Å². The minimum atomic E-state index is -0.368. The summed E-state index contributed by atoms with van der Waals surface area (Å²) in [4.78, 5) is 14.5. The van der Waals surface area contributed by atoms with Crippen molar-refractivity contribution in [1.29, 1.82) is 0 Å². The Bertz CT molecular complexity index is 1250. The molecule has 0 unspecified atom stereocenters. The van der Waals surface area contributed by atoms with Crippen LogP contribution in [0.3, 0.4) is 0 Å². The summed E-state index contributed by atoms with van der Waals surface area (Å²) in [6.45, 7) is 3.61. The van der Waals surface area contributed by atoms with Gasteiger partial charge in [0.25, 0.3) is 0 Å². The molecular weight excluding hydrogens is 378 g/mol. The van der Waals surface area contributed by atoms with Crippen LogP contribution in [0.2, 0.25) is 0 Å². The Morgan fingerprint density at radius 2 is 1.80 bits per heavy atom. The van der Waals surface area contributed by atoms with Crippen LogP contribution in [0, 0.1) is 0 Å². The highest BCUT2D eigenvalue weighted by Crippen LogP contribution is 2.37. The third-order valence-electron chi connectivity index (χ3n) is 5.30. The van der Waals surface area contributed by atoms with Crippen LogP contribution in [0.4, 0.5) is 5.69 Å². The van der Waals surface area contributed by atoms with Crippen LogP contribution in [0.5, 0.6) is 11.5 Å². The molecule has 0 saturated carbocycles. The molecule has 0 fully saturated rings. The Kier molecular flexibility index (Phi) is 4.64. The number of ether oxygens (including phenoxy) is 2. The van der Waals surface area contributed by atoms with Crippen molar-refractivity contribution in [2.75, 3.05) is 18.2 Å². The van der Waals surface area contributed by atoms with E-state index in [1.54, 1.807) is 6.07 Å². The van der Waals surface area contributed by atoms with Gasteiger partial charge in [0.2, 0.25) is 0 Å². The second-order valence-electron chi connectivity index (χ2n) is 7.16. The fraction of sp³-hybridized carbons (Fsp3) is 0.160. The maximum Gasteiger partial charge on any atom is 0.336 e. The highest BCUT2D eigenvalue weighted by Gasteiger charge is 2.23. The zero-order valence-corrected chi connectivity index (χ0v) is 16.6. The first kappa shape index (κ1) is 18.3. The van der Waals surface area contributed by atoms with Crippen molar-refractivity contribution >= 4 is 16.7 Å². The van der Waals surface area contributed by atoms with Crippen molar-refractivity contribution in [3.63, 3.8) is 0 Å². The van der Waals surface area contributed by atoms with Crippen molar-refractivity contribution in [2.45, 2.75) is 13.5 Å². The van der Waals surface area contributed by atoms with E-state index >= 15 is 0 Å². The number of rotatable bonds is 4. The molecule has 5 heteroatoms. The molecule has 1 aliphatic heterocycles. The number of hydrogen-bond acceptors (Lipinski definition) is 5. The van der Waals surface area contributed by atoms with Gasteiger partial charge in [-0.25, -0.2) is 4.79 Å². The summed E-state index contributed by atoms with van der Waals surface area (Å²) in [7, 11) is 0. The number of benzene rings is 3. The minimum Gasteiger partial charge on any atom is -0.494 e. The summed E-state index contributed by atoms with van der Waals surface area (Å²) in [6.07, 6.45) is 0. The Hall–Kier alpha value is -3.73.